The third-order valence-corrected chi connectivity index (χ3v) is 8.45. The van der Waals surface area contributed by atoms with Gasteiger partial charge in [-0.15, -0.1) is 0 Å². The Kier molecular flexibility index (Phi) is 8.13. The van der Waals surface area contributed by atoms with Crippen molar-refractivity contribution >= 4 is 16.0 Å². The molecule has 12 nitrogen and oxygen atoms in total. The Morgan fingerprint density at radius 1 is 1.00 bits per heavy atom. The van der Waals surface area contributed by atoms with Gasteiger partial charge in [0.25, 0.3) is 0 Å². The Balaban J connectivity index is 1.47. The van der Waals surface area contributed by atoms with Crippen LogP contribution in [0.1, 0.15) is 44.8 Å². The Bertz CT molecular complexity index is 1670. The van der Waals surface area contributed by atoms with Crippen molar-refractivity contribution in [3.05, 3.63) is 70.3 Å². The lowest BCUT2D eigenvalue weighted by Crippen LogP contribution is -2.26. The summed E-state index contributed by atoms with van der Waals surface area (Å²) in [6.45, 7) is 0.0380. The van der Waals surface area contributed by atoms with Gasteiger partial charge in [-0.1, -0.05) is 6.07 Å². The minimum absolute atomic E-state index is 0.00295. The van der Waals surface area contributed by atoms with Crippen LogP contribution in [0.25, 0.3) is 0 Å². The molecule has 13 heteroatoms. The number of ether oxygens (including phenoxy) is 7. The fourth-order valence-corrected chi connectivity index (χ4v) is 6.00. The van der Waals surface area contributed by atoms with Crippen LogP contribution in [0.3, 0.4) is 0 Å². The fourth-order valence-electron chi connectivity index (χ4n) is 4.97. The Hall–Kier alpha value is -4.51. The highest BCUT2D eigenvalue weighted by atomic mass is 32.2. The molecule has 0 saturated carbocycles. The van der Waals surface area contributed by atoms with E-state index in [1.165, 1.54) is 52.7 Å². The van der Waals surface area contributed by atoms with E-state index >= 15 is 0 Å². The van der Waals surface area contributed by atoms with Gasteiger partial charge in [0.05, 0.1) is 45.0 Å². The number of hydrogen-bond acceptors (Lipinski definition) is 11. The van der Waals surface area contributed by atoms with E-state index in [1.807, 2.05) is 6.07 Å². The molecule has 1 fully saturated rings. The zero-order valence-electron chi connectivity index (χ0n) is 23.3. The number of carbonyl (C=O) groups excluding carboxylic acids is 1. The first kappa shape index (κ1) is 29.0. The van der Waals surface area contributed by atoms with Crippen molar-refractivity contribution in [1.29, 1.82) is 5.26 Å². The summed E-state index contributed by atoms with van der Waals surface area (Å²) in [6.07, 6.45) is -0.899. The molecular weight excluding hydrogens is 568 g/mol. The first-order valence-corrected chi connectivity index (χ1v) is 14.2. The predicted molar refractivity (Wildman–Crippen MR) is 147 cm³/mol. The molecule has 0 aliphatic carbocycles. The maximum absolute atomic E-state index is 12.9. The minimum Gasteiger partial charge on any atom is -0.493 e. The average Bonchev–Trinajstić information content (AvgIpc) is 3.65. The zero-order valence-corrected chi connectivity index (χ0v) is 24.1. The highest BCUT2D eigenvalue weighted by Crippen LogP contribution is 2.59. The van der Waals surface area contributed by atoms with Crippen molar-refractivity contribution in [2.75, 3.05) is 41.8 Å². The summed E-state index contributed by atoms with van der Waals surface area (Å²) in [5.41, 5.74) is 2.39. The number of carbonyl (C=O) groups is 1. The molecule has 0 radical (unpaired) electrons. The summed E-state index contributed by atoms with van der Waals surface area (Å²) < 4.78 is 67.4. The van der Waals surface area contributed by atoms with Gasteiger partial charge in [-0.2, -0.15) is 5.26 Å². The summed E-state index contributed by atoms with van der Waals surface area (Å²) >= 11 is 0. The number of nitrogens with zero attached hydrogens (tertiary/aromatic N) is 1. The Morgan fingerprint density at radius 3 is 2.38 bits per heavy atom. The molecule has 2 aliphatic heterocycles. The molecule has 1 saturated heterocycles. The normalized spacial score (nSPS) is 16.8. The molecule has 2 aliphatic rings. The van der Waals surface area contributed by atoms with E-state index in [9.17, 15) is 13.2 Å². The molecule has 42 heavy (non-hydrogen) atoms. The smallest absolute Gasteiger partial charge is 0.342 e. The van der Waals surface area contributed by atoms with Crippen LogP contribution in [0.4, 0.5) is 0 Å². The van der Waals surface area contributed by atoms with E-state index < -0.39 is 28.2 Å². The molecule has 1 N–H and O–H groups in total. The maximum Gasteiger partial charge on any atom is 0.342 e. The maximum atomic E-state index is 12.9. The molecule has 0 amide bonds. The van der Waals surface area contributed by atoms with Crippen molar-refractivity contribution in [1.82, 2.24) is 4.72 Å². The molecule has 0 unspecified atom stereocenters. The summed E-state index contributed by atoms with van der Waals surface area (Å²) in [5.74, 6) is 1.21. The number of fused-ring (bicyclic) bond motifs is 1. The van der Waals surface area contributed by atoms with Gasteiger partial charge in [-0.05, 0) is 48.4 Å². The van der Waals surface area contributed by atoms with Crippen molar-refractivity contribution in [3.63, 3.8) is 0 Å². The Labute approximate surface area is 242 Å². The first-order chi connectivity index (χ1) is 20.3. The summed E-state index contributed by atoms with van der Waals surface area (Å²) in [7, 11) is 1.82. The second kappa shape index (κ2) is 11.8. The van der Waals surface area contributed by atoms with Crippen molar-refractivity contribution in [2.24, 2.45) is 0 Å². The topological polar surface area (TPSA) is 155 Å². The van der Waals surface area contributed by atoms with Crippen LogP contribution < -0.4 is 28.4 Å². The second-order valence-electron chi connectivity index (χ2n) is 9.23. The average molecular weight is 597 g/mol. The van der Waals surface area contributed by atoms with E-state index in [-0.39, 0.29) is 36.0 Å². The van der Waals surface area contributed by atoms with Crippen LogP contribution >= 0.6 is 0 Å². The van der Waals surface area contributed by atoms with E-state index in [1.54, 1.807) is 18.2 Å². The van der Waals surface area contributed by atoms with Crippen LogP contribution in [0, 0.1) is 11.3 Å². The van der Waals surface area contributed by atoms with Gasteiger partial charge in [-0.25, -0.2) is 17.9 Å². The van der Waals surface area contributed by atoms with Crippen LogP contribution in [-0.2, 0) is 25.9 Å². The van der Waals surface area contributed by atoms with Crippen LogP contribution in [0.15, 0.2) is 47.4 Å². The molecule has 3 aromatic carbocycles. The van der Waals surface area contributed by atoms with Crippen LogP contribution in [0.2, 0.25) is 0 Å². The first-order valence-electron chi connectivity index (χ1n) is 12.8. The van der Waals surface area contributed by atoms with E-state index in [0.717, 1.165) is 0 Å². The minimum atomic E-state index is -3.84. The van der Waals surface area contributed by atoms with E-state index in [4.69, 9.17) is 38.4 Å². The van der Waals surface area contributed by atoms with E-state index in [0.29, 0.717) is 45.3 Å². The highest BCUT2D eigenvalue weighted by molar-refractivity contribution is 7.89. The van der Waals surface area contributed by atoms with Gasteiger partial charge >= 0.3 is 5.97 Å². The third-order valence-electron chi connectivity index (χ3n) is 6.98. The number of esters is 1. The molecule has 2 atom stereocenters. The summed E-state index contributed by atoms with van der Waals surface area (Å²) in [6, 6.07) is 12.8. The van der Waals surface area contributed by atoms with Crippen molar-refractivity contribution in [3.8, 4) is 34.8 Å². The van der Waals surface area contributed by atoms with Gasteiger partial charge in [0.15, 0.2) is 23.0 Å². The summed E-state index contributed by atoms with van der Waals surface area (Å²) in [5, 5.41) is 8.99. The lowest BCUT2D eigenvalue weighted by atomic mass is 9.93. The number of nitriles is 1. The molecular formula is C29H28N2O10S. The monoisotopic (exact) mass is 596 g/mol. The lowest BCUT2D eigenvalue weighted by molar-refractivity contribution is 0.0594. The molecule has 0 spiro atoms. The number of epoxide rings is 1. The number of sulfonamides is 1. The van der Waals surface area contributed by atoms with Crippen molar-refractivity contribution in [2.45, 2.75) is 23.5 Å². The second-order valence-corrected chi connectivity index (χ2v) is 11.0. The van der Waals surface area contributed by atoms with Gasteiger partial charge in [0.2, 0.25) is 22.6 Å². The third kappa shape index (κ3) is 5.27. The largest absolute Gasteiger partial charge is 0.493 e. The lowest BCUT2D eigenvalue weighted by Gasteiger charge is -2.17. The van der Waals surface area contributed by atoms with Gasteiger partial charge in [0, 0.05) is 17.7 Å². The molecule has 220 valence electrons. The van der Waals surface area contributed by atoms with E-state index in [2.05, 4.69) is 4.72 Å². The van der Waals surface area contributed by atoms with Crippen LogP contribution in [-0.4, -0.2) is 56.2 Å². The molecule has 0 aromatic heterocycles. The Morgan fingerprint density at radius 2 is 1.74 bits per heavy atom. The summed E-state index contributed by atoms with van der Waals surface area (Å²) in [4.78, 5) is 12.9. The van der Waals surface area contributed by atoms with Gasteiger partial charge in [-0.3, -0.25) is 0 Å². The molecule has 0 bridgehead atoms. The predicted octanol–water partition coefficient (Wildman–Crippen LogP) is 3.43. The number of hydrogen-bond donors (Lipinski definition) is 1. The number of rotatable bonds is 11. The molecule has 3 aromatic rings. The number of methoxy groups -OCH3 is 4. The van der Waals surface area contributed by atoms with Crippen LogP contribution in [0.5, 0.6) is 28.7 Å². The zero-order chi connectivity index (χ0) is 30.0. The number of benzene rings is 3. The quantitative estimate of drug-likeness (QED) is 0.256. The fraction of sp³-hybridized carbons (Fsp3) is 0.310. The van der Waals surface area contributed by atoms with Gasteiger partial charge in [0.1, 0.15) is 17.8 Å². The SMILES string of the molecule is COC(=O)c1c([C@@H]2O[C@H]2c2c(CCNS(=O)(=O)c3ccc(C#N)cc3)cc3c(c2OC)OCO3)ccc(OC)c1OC. The molecule has 2 heterocycles. The molecule has 5 rings (SSSR count). The number of nitrogens with one attached hydrogen (secondary N) is 1. The van der Waals surface area contributed by atoms with Gasteiger partial charge < -0.3 is 33.2 Å². The van der Waals surface area contributed by atoms with Crippen molar-refractivity contribution < 1.29 is 46.4 Å². The highest BCUT2D eigenvalue weighted by Gasteiger charge is 2.48. The standard InChI is InChI=1S/C29H28N2O10S/c1-35-20-10-9-19(23(25(20)36-2)29(32)38-4)24-28(41-24)22-17(13-21-26(27(22)37-3)40-15-39-21)11-12-31-42(33,34)18-7-5-16(14-30)6-8-18/h5-10,13,24,28,31H,11-12,15H2,1-4H3/t24-,28-/m0/s1.